The molecular weight excluding hydrogens is 301 g/mol. The molecule has 3 nitrogen and oxygen atoms in total. The summed E-state index contributed by atoms with van der Waals surface area (Å²) in [5.74, 6) is 0. The van der Waals surface area contributed by atoms with Gasteiger partial charge in [-0.15, -0.1) is 0 Å². The molecular formula is C14H17F3N2OS. The van der Waals surface area contributed by atoms with Gasteiger partial charge in [0, 0.05) is 13.2 Å². The smallest absolute Gasteiger partial charge is 0.380 e. The average molecular weight is 318 g/mol. The normalized spacial score (nSPS) is 12.0. The van der Waals surface area contributed by atoms with Gasteiger partial charge in [-0.05, 0) is 24.6 Å². The highest BCUT2D eigenvalue weighted by Gasteiger charge is 2.30. The number of benzene rings is 1. The molecule has 1 heterocycles. The summed E-state index contributed by atoms with van der Waals surface area (Å²) >= 11 is 1.34. The molecule has 116 valence electrons. The van der Waals surface area contributed by atoms with Crippen LogP contribution in [0.3, 0.4) is 0 Å². The van der Waals surface area contributed by atoms with E-state index in [2.05, 4.69) is 17.2 Å². The minimum atomic E-state index is -4.33. The van der Waals surface area contributed by atoms with Crippen molar-refractivity contribution in [3.63, 3.8) is 0 Å². The monoisotopic (exact) mass is 318 g/mol. The first-order chi connectivity index (χ1) is 10.0. The Kier molecular flexibility index (Phi) is 5.41. The lowest BCUT2D eigenvalue weighted by Crippen LogP contribution is -2.09. The molecule has 0 fully saturated rings. The van der Waals surface area contributed by atoms with E-state index in [1.807, 2.05) is 0 Å². The summed E-state index contributed by atoms with van der Waals surface area (Å²) in [6, 6.07) is 3.62. The van der Waals surface area contributed by atoms with Crippen molar-refractivity contribution in [2.45, 2.75) is 25.9 Å². The lowest BCUT2D eigenvalue weighted by atomic mass is 10.2. The minimum absolute atomic E-state index is 0.365. The van der Waals surface area contributed by atoms with Crippen molar-refractivity contribution >= 4 is 26.7 Å². The van der Waals surface area contributed by atoms with Gasteiger partial charge in [-0.3, -0.25) is 0 Å². The Labute approximate surface area is 125 Å². The first-order valence-corrected chi connectivity index (χ1v) is 7.61. The van der Waals surface area contributed by atoms with Crippen molar-refractivity contribution in [1.29, 1.82) is 0 Å². The van der Waals surface area contributed by atoms with Crippen molar-refractivity contribution in [3.05, 3.63) is 23.8 Å². The Hall–Kier alpha value is -1.34. The van der Waals surface area contributed by atoms with Gasteiger partial charge in [-0.2, -0.15) is 13.2 Å². The van der Waals surface area contributed by atoms with E-state index in [1.165, 1.54) is 17.4 Å². The SMILES string of the molecule is CCCCOCCNc1nc2cc(C(F)(F)F)ccc2s1. The predicted molar refractivity (Wildman–Crippen MR) is 78.8 cm³/mol. The van der Waals surface area contributed by atoms with Crippen LogP contribution >= 0.6 is 11.3 Å². The molecule has 2 aromatic rings. The summed E-state index contributed by atoms with van der Waals surface area (Å²) in [7, 11) is 0. The van der Waals surface area contributed by atoms with Crippen LogP contribution < -0.4 is 5.32 Å². The highest BCUT2D eigenvalue weighted by molar-refractivity contribution is 7.22. The van der Waals surface area contributed by atoms with E-state index >= 15 is 0 Å². The van der Waals surface area contributed by atoms with Crippen LogP contribution in [0.4, 0.5) is 18.3 Å². The number of hydrogen-bond acceptors (Lipinski definition) is 4. The molecule has 0 unspecified atom stereocenters. The molecule has 0 radical (unpaired) electrons. The van der Waals surface area contributed by atoms with Crippen molar-refractivity contribution in [2.24, 2.45) is 0 Å². The van der Waals surface area contributed by atoms with E-state index in [-0.39, 0.29) is 0 Å². The molecule has 7 heteroatoms. The maximum Gasteiger partial charge on any atom is 0.416 e. The van der Waals surface area contributed by atoms with Crippen LogP contribution in [0, 0.1) is 0 Å². The number of nitrogens with zero attached hydrogens (tertiary/aromatic N) is 1. The van der Waals surface area contributed by atoms with E-state index in [4.69, 9.17) is 4.74 Å². The maximum absolute atomic E-state index is 12.6. The molecule has 1 N–H and O–H groups in total. The van der Waals surface area contributed by atoms with Gasteiger partial charge in [0.15, 0.2) is 5.13 Å². The van der Waals surface area contributed by atoms with Gasteiger partial charge in [0.1, 0.15) is 0 Å². The predicted octanol–water partition coefficient (Wildman–Crippen LogP) is 4.54. The topological polar surface area (TPSA) is 34.1 Å². The van der Waals surface area contributed by atoms with Gasteiger partial charge >= 0.3 is 6.18 Å². The van der Waals surface area contributed by atoms with Gasteiger partial charge in [-0.1, -0.05) is 24.7 Å². The average Bonchev–Trinajstić information content (AvgIpc) is 2.83. The lowest BCUT2D eigenvalue weighted by molar-refractivity contribution is -0.137. The highest BCUT2D eigenvalue weighted by Crippen LogP contribution is 2.33. The molecule has 1 aromatic heterocycles. The van der Waals surface area contributed by atoms with Crippen LogP contribution in [0.1, 0.15) is 25.3 Å². The molecule has 0 saturated heterocycles. The fraction of sp³-hybridized carbons (Fsp3) is 0.500. The fourth-order valence-electron chi connectivity index (χ4n) is 1.76. The van der Waals surface area contributed by atoms with E-state index in [9.17, 15) is 13.2 Å². The summed E-state index contributed by atoms with van der Waals surface area (Å²) in [6.45, 7) is 3.98. The Morgan fingerprint density at radius 3 is 2.81 bits per heavy atom. The molecule has 0 saturated carbocycles. The zero-order valence-corrected chi connectivity index (χ0v) is 12.5. The van der Waals surface area contributed by atoms with Gasteiger partial charge in [0.25, 0.3) is 0 Å². The molecule has 2 rings (SSSR count). The zero-order chi connectivity index (χ0) is 15.3. The Bertz CT molecular complexity index is 583. The number of thiazole rings is 1. The van der Waals surface area contributed by atoms with Crippen LogP contribution in [-0.4, -0.2) is 24.7 Å². The molecule has 21 heavy (non-hydrogen) atoms. The second kappa shape index (κ2) is 7.09. The Morgan fingerprint density at radius 2 is 2.10 bits per heavy atom. The lowest BCUT2D eigenvalue weighted by Gasteiger charge is -2.04. The second-order valence-corrected chi connectivity index (χ2v) is 5.62. The Morgan fingerprint density at radius 1 is 1.29 bits per heavy atom. The number of alkyl halides is 3. The van der Waals surface area contributed by atoms with Gasteiger partial charge < -0.3 is 10.1 Å². The van der Waals surface area contributed by atoms with Crippen molar-refractivity contribution in [3.8, 4) is 0 Å². The molecule has 0 aliphatic heterocycles. The molecule has 0 spiro atoms. The van der Waals surface area contributed by atoms with Crippen LogP contribution in [0.25, 0.3) is 10.2 Å². The number of fused-ring (bicyclic) bond motifs is 1. The first-order valence-electron chi connectivity index (χ1n) is 6.80. The standard InChI is InChI=1S/C14H17F3N2OS/c1-2-3-7-20-8-6-18-13-19-11-9-10(14(15,16)17)4-5-12(11)21-13/h4-5,9H,2-3,6-8H2,1H3,(H,18,19). The van der Waals surface area contributed by atoms with Crippen LogP contribution in [0.2, 0.25) is 0 Å². The fourth-order valence-corrected chi connectivity index (χ4v) is 2.63. The van der Waals surface area contributed by atoms with Gasteiger partial charge in [-0.25, -0.2) is 4.98 Å². The maximum atomic E-state index is 12.6. The summed E-state index contributed by atoms with van der Waals surface area (Å²) in [4.78, 5) is 4.17. The molecule has 0 aliphatic carbocycles. The van der Waals surface area contributed by atoms with Gasteiger partial charge in [0.2, 0.25) is 0 Å². The molecule has 1 aromatic carbocycles. The van der Waals surface area contributed by atoms with Crippen molar-refractivity contribution in [2.75, 3.05) is 25.1 Å². The largest absolute Gasteiger partial charge is 0.416 e. The number of halogens is 3. The number of anilines is 1. The Balaban J connectivity index is 1.93. The van der Waals surface area contributed by atoms with E-state index in [0.717, 1.165) is 36.3 Å². The zero-order valence-electron chi connectivity index (χ0n) is 11.7. The first kappa shape index (κ1) is 16.0. The highest BCUT2D eigenvalue weighted by atomic mass is 32.1. The van der Waals surface area contributed by atoms with E-state index in [1.54, 1.807) is 0 Å². The summed E-state index contributed by atoms with van der Waals surface area (Å²) in [5.41, 5.74) is -0.307. The number of rotatable bonds is 7. The third kappa shape index (κ3) is 4.57. The molecule has 0 aliphatic rings. The summed E-state index contributed by atoms with van der Waals surface area (Å²) in [5, 5.41) is 3.68. The second-order valence-electron chi connectivity index (χ2n) is 4.59. The molecule has 0 bridgehead atoms. The van der Waals surface area contributed by atoms with E-state index < -0.39 is 11.7 Å². The van der Waals surface area contributed by atoms with Crippen LogP contribution in [-0.2, 0) is 10.9 Å². The number of nitrogens with one attached hydrogen (secondary N) is 1. The molecule has 0 amide bonds. The third-order valence-corrected chi connectivity index (χ3v) is 3.87. The quantitative estimate of drug-likeness (QED) is 0.761. The van der Waals surface area contributed by atoms with E-state index in [0.29, 0.717) is 23.8 Å². The molecule has 0 atom stereocenters. The minimum Gasteiger partial charge on any atom is -0.380 e. The van der Waals surface area contributed by atoms with Crippen molar-refractivity contribution < 1.29 is 17.9 Å². The number of ether oxygens (including phenoxy) is 1. The van der Waals surface area contributed by atoms with Crippen LogP contribution in [0.5, 0.6) is 0 Å². The summed E-state index contributed by atoms with van der Waals surface area (Å²) in [6.07, 6.45) is -2.22. The number of unbranched alkanes of at least 4 members (excludes halogenated alkanes) is 1. The van der Waals surface area contributed by atoms with Crippen molar-refractivity contribution in [1.82, 2.24) is 4.98 Å². The van der Waals surface area contributed by atoms with Gasteiger partial charge in [0.05, 0.1) is 22.4 Å². The number of aromatic nitrogens is 1. The van der Waals surface area contributed by atoms with Crippen LogP contribution in [0.15, 0.2) is 18.2 Å². The summed E-state index contributed by atoms with van der Waals surface area (Å²) < 4.78 is 44.0. The third-order valence-electron chi connectivity index (χ3n) is 2.88. The number of hydrogen-bond donors (Lipinski definition) is 1.